The SMILES string of the molecule is CS(=O)(=O)CCC(CNC1CC1)Cc1ccc(F)cc1. The fourth-order valence-electron chi connectivity index (χ4n) is 2.23. The van der Waals surface area contributed by atoms with Gasteiger partial charge >= 0.3 is 0 Å². The number of hydrogen-bond acceptors (Lipinski definition) is 3. The van der Waals surface area contributed by atoms with E-state index in [0.29, 0.717) is 12.5 Å². The van der Waals surface area contributed by atoms with E-state index in [-0.39, 0.29) is 17.5 Å². The minimum atomic E-state index is -2.93. The Balaban J connectivity index is 1.91. The first kappa shape index (κ1) is 15.4. The van der Waals surface area contributed by atoms with Crippen molar-refractivity contribution in [2.45, 2.75) is 31.7 Å². The molecule has 1 aliphatic rings. The van der Waals surface area contributed by atoms with Crippen molar-refractivity contribution in [1.82, 2.24) is 5.32 Å². The van der Waals surface area contributed by atoms with Crippen molar-refractivity contribution in [1.29, 1.82) is 0 Å². The second-order valence-corrected chi connectivity index (χ2v) is 8.06. The Kier molecular flexibility index (Phi) is 5.16. The fourth-order valence-corrected chi connectivity index (χ4v) is 2.99. The molecule has 1 N–H and O–H groups in total. The van der Waals surface area contributed by atoms with Gasteiger partial charge in [-0.1, -0.05) is 12.1 Å². The van der Waals surface area contributed by atoms with Crippen LogP contribution in [0.25, 0.3) is 0 Å². The Hall–Kier alpha value is -0.940. The molecule has 3 nitrogen and oxygen atoms in total. The molecule has 112 valence electrons. The molecule has 0 radical (unpaired) electrons. The van der Waals surface area contributed by atoms with Gasteiger partial charge in [0.1, 0.15) is 15.7 Å². The zero-order valence-corrected chi connectivity index (χ0v) is 12.6. The number of benzene rings is 1. The highest BCUT2D eigenvalue weighted by Gasteiger charge is 2.22. The van der Waals surface area contributed by atoms with Crippen molar-refractivity contribution in [3.05, 3.63) is 35.6 Å². The Morgan fingerprint density at radius 2 is 1.95 bits per heavy atom. The molecule has 1 saturated carbocycles. The van der Waals surface area contributed by atoms with Gasteiger partial charge in [-0.15, -0.1) is 0 Å². The quantitative estimate of drug-likeness (QED) is 0.800. The van der Waals surface area contributed by atoms with Gasteiger partial charge in [0, 0.05) is 12.3 Å². The van der Waals surface area contributed by atoms with E-state index in [0.717, 1.165) is 18.5 Å². The second-order valence-electron chi connectivity index (χ2n) is 5.80. The Bertz CT molecular complexity index is 523. The van der Waals surface area contributed by atoms with Crippen LogP contribution in [0.3, 0.4) is 0 Å². The molecule has 0 aromatic heterocycles. The largest absolute Gasteiger partial charge is 0.314 e. The average molecular weight is 299 g/mol. The number of nitrogens with one attached hydrogen (secondary N) is 1. The maximum Gasteiger partial charge on any atom is 0.147 e. The van der Waals surface area contributed by atoms with Crippen molar-refractivity contribution in [2.75, 3.05) is 18.6 Å². The maximum absolute atomic E-state index is 12.9. The lowest BCUT2D eigenvalue weighted by Gasteiger charge is -2.17. The molecule has 1 unspecified atom stereocenters. The molecule has 1 fully saturated rings. The Morgan fingerprint density at radius 1 is 1.30 bits per heavy atom. The van der Waals surface area contributed by atoms with Gasteiger partial charge in [0.25, 0.3) is 0 Å². The maximum atomic E-state index is 12.9. The molecule has 2 rings (SSSR count). The Morgan fingerprint density at radius 3 is 2.50 bits per heavy atom. The number of hydrogen-bond donors (Lipinski definition) is 1. The molecule has 0 spiro atoms. The first-order valence-corrected chi connectivity index (χ1v) is 9.14. The van der Waals surface area contributed by atoms with Crippen LogP contribution in [0.5, 0.6) is 0 Å². The lowest BCUT2D eigenvalue weighted by atomic mass is 9.96. The van der Waals surface area contributed by atoms with Crippen LogP contribution in [-0.4, -0.2) is 33.0 Å². The van der Waals surface area contributed by atoms with Crippen molar-refractivity contribution in [3.63, 3.8) is 0 Å². The second kappa shape index (κ2) is 6.68. The first-order valence-electron chi connectivity index (χ1n) is 7.08. The summed E-state index contributed by atoms with van der Waals surface area (Å²) in [6.07, 6.45) is 5.15. The normalized spacial score (nSPS) is 17.1. The summed E-state index contributed by atoms with van der Waals surface area (Å²) in [5.41, 5.74) is 1.06. The summed E-state index contributed by atoms with van der Waals surface area (Å²) in [6.45, 7) is 0.831. The van der Waals surface area contributed by atoms with Crippen LogP contribution in [0.2, 0.25) is 0 Å². The van der Waals surface area contributed by atoms with Crippen LogP contribution >= 0.6 is 0 Å². The van der Waals surface area contributed by atoms with Crippen LogP contribution in [0.4, 0.5) is 4.39 Å². The molecule has 1 aliphatic carbocycles. The zero-order chi connectivity index (χ0) is 14.6. The van der Waals surface area contributed by atoms with Crippen LogP contribution in [0.1, 0.15) is 24.8 Å². The third-order valence-electron chi connectivity index (χ3n) is 3.61. The number of rotatable bonds is 8. The lowest BCUT2D eigenvalue weighted by Crippen LogP contribution is -2.27. The smallest absolute Gasteiger partial charge is 0.147 e. The standard InChI is InChI=1S/C15H22FNO2S/c1-20(18,19)9-8-13(11-17-15-6-7-15)10-12-2-4-14(16)5-3-12/h2-5,13,15,17H,6-11H2,1H3. The molecular weight excluding hydrogens is 277 g/mol. The molecule has 0 saturated heterocycles. The molecule has 0 bridgehead atoms. The van der Waals surface area contributed by atoms with E-state index in [2.05, 4.69) is 5.32 Å². The summed E-state index contributed by atoms with van der Waals surface area (Å²) in [4.78, 5) is 0. The summed E-state index contributed by atoms with van der Waals surface area (Å²) in [7, 11) is -2.93. The summed E-state index contributed by atoms with van der Waals surface area (Å²) in [5, 5.41) is 3.46. The highest BCUT2D eigenvalue weighted by atomic mass is 32.2. The van der Waals surface area contributed by atoms with E-state index in [4.69, 9.17) is 0 Å². The van der Waals surface area contributed by atoms with Gasteiger partial charge in [-0.25, -0.2) is 12.8 Å². The summed E-state index contributed by atoms with van der Waals surface area (Å²) in [6, 6.07) is 7.08. The predicted molar refractivity (Wildman–Crippen MR) is 78.9 cm³/mol. The third-order valence-corrected chi connectivity index (χ3v) is 4.58. The van der Waals surface area contributed by atoms with Crippen LogP contribution < -0.4 is 5.32 Å². The van der Waals surface area contributed by atoms with Gasteiger partial charge in [-0.3, -0.25) is 0 Å². The Labute approximate surface area is 120 Å². The van der Waals surface area contributed by atoms with E-state index >= 15 is 0 Å². The molecular formula is C15H22FNO2S. The van der Waals surface area contributed by atoms with E-state index in [1.54, 1.807) is 12.1 Å². The fraction of sp³-hybridized carbons (Fsp3) is 0.600. The summed E-state index contributed by atoms with van der Waals surface area (Å²) in [5.74, 6) is 0.249. The van der Waals surface area contributed by atoms with Crippen LogP contribution in [0, 0.1) is 11.7 Å². The minimum Gasteiger partial charge on any atom is -0.314 e. The summed E-state index contributed by atoms with van der Waals surface area (Å²) < 4.78 is 35.5. The number of sulfone groups is 1. The van der Waals surface area contributed by atoms with E-state index in [9.17, 15) is 12.8 Å². The highest BCUT2D eigenvalue weighted by Crippen LogP contribution is 2.20. The molecule has 1 atom stereocenters. The van der Waals surface area contributed by atoms with E-state index in [1.807, 2.05) is 0 Å². The van der Waals surface area contributed by atoms with Crippen LogP contribution in [-0.2, 0) is 16.3 Å². The van der Waals surface area contributed by atoms with Gasteiger partial charge in [0.15, 0.2) is 0 Å². The molecule has 5 heteroatoms. The van der Waals surface area contributed by atoms with E-state index < -0.39 is 9.84 Å². The molecule has 0 amide bonds. The monoisotopic (exact) mass is 299 g/mol. The molecule has 1 aromatic carbocycles. The summed E-state index contributed by atoms with van der Waals surface area (Å²) >= 11 is 0. The van der Waals surface area contributed by atoms with Crippen molar-refractivity contribution in [3.8, 4) is 0 Å². The zero-order valence-electron chi connectivity index (χ0n) is 11.8. The lowest BCUT2D eigenvalue weighted by molar-refractivity contribution is 0.457. The molecule has 0 heterocycles. The first-order chi connectivity index (χ1) is 9.42. The van der Waals surface area contributed by atoms with Gasteiger partial charge in [-0.05, 0) is 55.8 Å². The van der Waals surface area contributed by atoms with E-state index in [1.165, 1.54) is 31.2 Å². The van der Waals surface area contributed by atoms with Gasteiger partial charge < -0.3 is 5.32 Å². The highest BCUT2D eigenvalue weighted by molar-refractivity contribution is 7.90. The predicted octanol–water partition coefficient (Wildman–Crippen LogP) is 2.17. The third kappa shape index (κ3) is 6.01. The van der Waals surface area contributed by atoms with Gasteiger partial charge in [-0.2, -0.15) is 0 Å². The molecule has 1 aromatic rings. The van der Waals surface area contributed by atoms with Crippen molar-refractivity contribution in [2.24, 2.45) is 5.92 Å². The van der Waals surface area contributed by atoms with Crippen LogP contribution in [0.15, 0.2) is 24.3 Å². The van der Waals surface area contributed by atoms with Crippen molar-refractivity contribution >= 4 is 9.84 Å². The average Bonchev–Trinajstić information content (AvgIpc) is 3.18. The minimum absolute atomic E-state index is 0.214. The molecule has 20 heavy (non-hydrogen) atoms. The van der Waals surface area contributed by atoms with Gasteiger partial charge in [0.2, 0.25) is 0 Å². The number of halogens is 1. The van der Waals surface area contributed by atoms with Crippen molar-refractivity contribution < 1.29 is 12.8 Å². The topological polar surface area (TPSA) is 46.2 Å². The van der Waals surface area contributed by atoms with Gasteiger partial charge in [0.05, 0.1) is 5.75 Å². The molecule has 0 aliphatic heterocycles.